The van der Waals surface area contributed by atoms with E-state index < -0.39 is 0 Å². The fourth-order valence-corrected chi connectivity index (χ4v) is 3.94. The highest BCUT2D eigenvalue weighted by atomic mass is 79.9. The molecule has 0 amide bonds. The summed E-state index contributed by atoms with van der Waals surface area (Å²) in [5, 5.41) is 14.6. The Hall–Kier alpha value is -2.04. The summed E-state index contributed by atoms with van der Waals surface area (Å²) in [6.45, 7) is 1.83. The highest BCUT2D eigenvalue weighted by Gasteiger charge is 2.26. The Kier molecular flexibility index (Phi) is 3.74. The first-order valence-electron chi connectivity index (χ1n) is 7.56. The van der Waals surface area contributed by atoms with Crippen LogP contribution in [0.15, 0.2) is 52.1 Å². The van der Waals surface area contributed by atoms with E-state index in [1.165, 1.54) is 5.56 Å². The monoisotopic (exact) mass is 400 g/mol. The van der Waals surface area contributed by atoms with Crippen LogP contribution in [-0.4, -0.2) is 15.9 Å². The lowest BCUT2D eigenvalue weighted by atomic mass is 10.0. The van der Waals surface area contributed by atoms with Crippen molar-refractivity contribution in [2.24, 2.45) is 5.16 Å². The molecule has 0 spiro atoms. The molecule has 4 rings (SSSR count). The lowest BCUT2D eigenvalue weighted by Crippen LogP contribution is -1.97. The van der Waals surface area contributed by atoms with Crippen LogP contribution in [0.1, 0.15) is 23.7 Å². The average Bonchev–Trinajstić information content (AvgIpc) is 3.14. The number of rotatable bonds is 2. The number of fused-ring (bicyclic) bond motifs is 2. The van der Waals surface area contributed by atoms with Gasteiger partial charge in [0.25, 0.3) is 0 Å². The molecule has 2 N–H and O–H groups in total. The first-order chi connectivity index (χ1) is 11.6. The van der Waals surface area contributed by atoms with Gasteiger partial charge in [-0.2, -0.15) is 0 Å². The van der Waals surface area contributed by atoms with Crippen LogP contribution < -0.4 is 0 Å². The molecule has 0 radical (unpaired) electrons. The third-order valence-electron chi connectivity index (χ3n) is 4.43. The number of halogens is 2. The minimum atomic E-state index is 0.614. The van der Waals surface area contributed by atoms with Crippen molar-refractivity contribution in [1.29, 1.82) is 0 Å². The summed E-state index contributed by atoms with van der Waals surface area (Å²) >= 11 is 9.63. The highest BCUT2D eigenvalue weighted by Crippen LogP contribution is 2.40. The van der Waals surface area contributed by atoms with E-state index >= 15 is 0 Å². The largest absolute Gasteiger partial charge is 0.411 e. The fourth-order valence-electron chi connectivity index (χ4n) is 3.35. The van der Waals surface area contributed by atoms with E-state index in [4.69, 9.17) is 11.6 Å². The number of allylic oxidation sites excluding steroid dienone is 2. The van der Waals surface area contributed by atoms with Crippen LogP contribution in [0.5, 0.6) is 0 Å². The molecule has 5 heteroatoms. The molecule has 120 valence electrons. The zero-order valence-electron chi connectivity index (χ0n) is 12.9. The van der Waals surface area contributed by atoms with Crippen molar-refractivity contribution < 1.29 is 5.21 Å². The summed E-state index contributed by atoms with van der Waals surface area (Å²) in [6.07, 6.45) is 0.789. The molecular formula is C19H14BrClN2O. The van der Waals surface area contributed by atoms with Crippen LogP contribution in [0.4, 0.5) is 0 Å². The van der Waals surface area contributed by atoms with Crippen LogP contribution in [0.25, 0.3) is 22.0 Å². The Labute approximate surface area is 152 Å². The van der Waals surface area contributed by atoms with E-state index in [0.29, 0.717) is 10.7 Å². The normalized spacial score (nSPS) is 14.5. The lowest BCUT2D eigenvalue weighted by Gasteiger charge is -2.06. The number of H-pyrrole nitrogens is 1. The van der Waals surface area contributed by atoms with Crippen molar-refractivity contribution in [3.05, 3.63) is 68.8 Å². The molecule has 1 aromatic heterocycles. The maximum absolute atomic E-state index is 9.33. The standard InChI is InChI=1S/C19H14BrClN2O/c1-10(23-24)19-15-4-2-13(20)6-11(15)8-16(19)18-9-12-7-14(21)3-5-17(12)22-18/h2-7,9,22,24H,8H2,1H3. The summed E-state index contributed by atoms with van der Waals surface area (Å²) in [5.41, 5.74) is 7.12. The van der Waals surface area contributed by atoms with Crippen LogP contribution in [0.3, 0.4) is 0 Å². The number of hydrogen-bond donors (Lipinski definition) is 2. The predicted octanol–water partition coefficient (Wildman–Crippen LogP) is 5.90. The van der Waals surface area contributed by atoms with Gasteiger partial charge in [-0.05, 0) is 60.0 Å². The Morgan fingerprint density at radius 2 is 2.04 bits per heavy atom. The van der Waals surface area contributed by atoms with E-state index in [-0.39, 0.29) is 0 Å². The summed E-state index contributed by atoms with van der Waals surface area (Å²) in [5.74, 6) is 0. The van der Waals surface area contributed by atoms with Crippen molar-refractivity contribution in [2.75, 3.05) is 0 Å². The third kappa shape index (κ3) is 2.46. The van der Waals surface area contributed by atoms with Crippen molar-refractivity contribution in [1.82, 2.24) is 4.98 Å². The van der Waals surface area contributed by atoms with E-state index in [1.807, 2.05) is 31.2 Å². The molecule has 0 atom stereocenters. The molecule has 2 aromatic carbocycles. The smallest absolute Gasteiger partial charge is 0.0846 e. The molecular weight excluding hydrogens is 388 g/mol. The molecule has 3 nitrogen and oxygen atoms in total. The number of aromatic nitrogens is 1. The SMILES string of the molecule is CC(=NO)C1=C(c2cc3cc(Cl)ccc3[nH]2)Cc2cc(Br)ccc21. The van der Waals surface area contributed by atoms with Crippen molar-refractivity contribution in [2.45, 2.75) is 13.3 Å². The number of hydrogen-bond acceptors (Lipinski definition) is 2. The van der Waals surface area contributed by atoms with Crippen LogP contribution in [0.2, 0.25) is 5.02 Å². The zero-order chi connectivity index (χ0) is 16.8. The maximum Gasteiger partial charge on any atom is 0.0846 e. The molecule has 1 aliphatic rings. The number of benzene rings is 2. The van der Waals surface area contributed by atoms with Gasteiger partial charge < -0.3 is 10.2 Å². The first kappa shape index (κ1) is 15.5. The molecule has 24 heavy (non-hydrogen) atoms. The van der Waals surface area contributed by atoms with Crippen molar-refractivity contribution in [3.8, 4) is 0 Å². The quantitative estimate of drug-likeness (QED) is 0.313. The van der Waals surface area contributed by atoms with E-state index in [0.717, 1.165) is 44.2 Å². The number of nitrogens with one attached hydrogen (secondary N) is 1. The molecule has 1 heterocycles. The lowest BCUT2D eigenvalue weighted by molar-refractivity contribution is 0.319. The van der Waals surface area contributed by atoms with Crippen LogP contribution in [0, 0.1) is 0 Å². The Balaban J connectivity index is 1.93. The topological polar surface area (TPSA) is 48.4 Å². The predicted molar refractivity (Wildman–Crippen MR) is 103 cm³/mol. The number of oxime groups is 1. The molecule has 1 aliphatic carbocycles. The molecule has 0 saturated carbocycles. The van der Waals surface area contributed by atoms with Gasteiger partial charge in [-0.25, -0.2) is 0 Å². The Bertz CT molecular complexity index is 1030. The van der Waals surface area contributed by atoms with E-state index in [2.05, 4.69) is 44.3 Å². The second-order valence-corrected chi connectivity index (χ2v) is 7.28. The van der Waals surface area contributed by atoms with Gasteiger partial charge in [0, 0.05) is 38.1 Å². The number of aromatic amines is 1. The first-order valence-corrected chi connectivity index (χ1v) is 8.73. The second-order valence-electron chi connectivity index (χ2n) is 5.93. The van der Waals surface area contributed by atoms with E-state index in [1.54, 1.807) is 0 Å². The summed E-state index contributed by atoms with van der Waals surface area (Å²) < 4.78 is 1.05. The fraction of sp³-hybridized carbons (Fsp3) is 0.105. The summed E-state index contributed by atoms with van der Waals surface area (Å²) in [6, 6.07) is 14.1. The highest BCUT2D eigenvalue weighted by molar-refractivity contribution is 9.10. The van der Waals surface area contributed by atoms with Gasteiger partial charge in [0.1, 0.15) is 0 Å². The maximum atomic E-state index is 9.33. The third-order valence-corrected chi connectivity index (χ3v) is 5.15. The van der Waals surface area contributed by atoms with Gasteiger partial charge in [-0.3, -0.25) is 0 Å². The molecule has 0 bridgehead atoms. The Morgan fingerprint density at radius 1 is 1.21 bits per heavy atom. The van der Waals surface area contributed by atoms with Gasteiger partial charge in [0.2, 0.25) is 0 Å². The molecule has 0 saturated heterocycles. The van der Waals surface area contributed by atoms with Gasteiger partial charge in [-0.15, -0.1) is 0 Å². The molecule has 0 aliphatic heterocycles. The summed E-state index contributed by atoms with van der Waals surface area (Å²) in [4.78, 5) is 3.46. The van der Waals surface area contributed by atoms with Crippen LogP contribution >= 0.6 is 27.5 Å². The second kappa shape index (κ2) is 5.80. The van der Waals surface area contributed by atoms with Gasteiger partial charge in [-0.1, -0.05) is 38.8 Å². The molecule has 3 aromatic rings. The van der Waals surface area contributed by atoms with Gasteiger partial charge >= 0.3 is 0 Å². The average molecular weight is 402 g/mol. The minimum Gasteiger partial charge on any atom is -0.411 e. The molecule has 0 fully saturated rings. The number of nitrogens with zero attached hydrogens (tertiary/aromatic N) is 1. The van der Waals surface area contributed by atoms with Gasteiger partial charge in [0.05, 0.1) is 5.71 Å². The van der Waals surface area contributed by atoms with Crippen LogP contribution in [-0.2, 0) is 6.42 Å². The molecule has 0 unspecified atom stereocenters. The Morgan fingerprint density at radius 3 is 2.83 bits per heavy atom. The van der Waals surface area contributed by atoms with E-state index in [9.17, 15) is 5.21 Å². The van der Waals surface area contributed by atoms with Crippen molar-refractivity contribution in [3.63, 3.8) is 0 Å². The zero-order valence-corrected chi connectivity index (χ0v) is 15.2. The van der Waals surface area contributed by atoms with Gasteiger partial charge in [0.15, 0.2) is 0 Å². The minimum absolute atomic E-state index is 0.614. The van der Waals surface area contributed by atoms with Crippen molar-refractivity contribution >= 4 is 55.3 Å². The summed E-state index contributed by atoms with van der Waals surface area (Å²) in [7, 11) is 0.